The van der Waals surface area contributed by atoms with Gasteiger partial charge in [-0.1, -0.05) is 0 Å². The Bertz CT molecular complexity index is 182. The molecule has 0 bridgehead atoms. The van der Waals surface area contributed by atoms with Crippen molar-refractivity contribution in [1.82, 2.24) is 10.2 Å². The van der Waals surface area contributed by atoms with Gasteiger partial charge in [-0.2, -0.15) is 11.8 Å². The van der Waals surface area contributed by atoms with Crippen molar-refractivity contribution in [3.05, 3.63) is 0 Å². The standard InChI is InChI=1S/C12H26N2S/c1-12(2,15-4)10-13-8-11-6-5-7-14(3)9-11/h11,13H,5-10H2,1-4H3. The zero-order chi connectivity index (χ0) is 11.3. The van der Waals surface area contributed by atoms with Crippen LogP contribution in [0.3, 0.4) is 0 Å². The number of rotatable bonds is 5. The third-order valence-electron chi connectivity index (χ3n) is 3.26. The zero-order valence-corrected chi connectivity index (χ0v) is 11.5. The summed E-state index contributed by atoms with van der Waals surface area (Å²) < 4.78 is 0.376. The summed E-state index contributed by atoms with van der Waals surface area (Å²) >= 11 is 1.94. The van der Waals surface area contributed by atoms with Gasteiger partial charge in [0.2, 0.25) is 0 Å². The van der Waals surface area contributed by atoms with E-state index in [9.17, 15) is 0 Å². The summed E-state index contributed by atoms with van der Waals surface area (Å²) in [7, 11) is 2.23. The van der Waals surface area contributed by atoms with Gasteiger partial charge in [0.05, 0.1) is 0 Å². The highest BCUT2D eigenvalue weighted by molar-refractivity contribution is 7.99. The second kappa shape index (κ2) is 6.12. The molecule has 0 aromatic rings. The molecule has 1 fully saturated rings. The molecule has 0 spiro atoms. The molecule has 0 saturated carbocycles. The van der Waals surface area contributed by atoms with Crippen LogP contribution < -0.4 is 5.32 Å². The quantitative estimate of drug-likeness (QED) is 0.778. The SMILES string of the molecule is CSC(C)(C)CNCC1CCCN(C)C1. The highest BCUT2D eigenvalue weighted by Crippen LogP contribution is 2.20. The first-order chi connectivity index (χ1) is 7.03. The molecule has 1 heterocycles. The fourth-order valence-electron chi connectivity index (χ4n) is 2.09. The second-order valence-electron chi connectivity index (χ2n) is 5.37. The van der Waals surface area contributed by atoms with Crippen LogP contribution in [-0.2, 0) is 0 Å². The fourth-order valence-corrected chi connectivity index (χ4v) is 2.34. The molecular formula is C12H26N2S. The van der Waals surface area contributed by atoms with Crippen molar-refractivity contribution in [3.8, 4) is 0 Å². The van der Waals surface area contributed by atoms with Crippen LogP contribution in [0.1, 0.15) is 26.7 Å². The highest BCUT2D eigenvalue weighted by atomic mass is 32.2. The Kier molecular flexibility index (Phi) is 5.44. The van der Waals surface area contributed by atoms with Crippen LogP contribution >= 0.6 is 11.8 Å². The Morgan fingerprint density at radius 2 is 2.20 bits per heavy atom. The van der Waals surface area contributed by atoms with E-state index in [0.717, 1.165) is 12.5 Å². The Morgan fingerprint density at radius 1 is 1.47 bits per heavy atom. The largest absolute Gasteiger partial charge is 0.315 e. The maximum atomic E-state index is 3.62. The van der Waals surface area contributed by atoms with E-state index in [-0.39, 0.29) is 0 Å². The van der Waals surface area contributed by atoms with Crippen molar-refractivity contribution in [2.75, 3.05) is 39.5 Å². The first-order valence-corrected chi connectivity index (χ1v) is 7.20. The maximum Gasteiger partial charge on any atom is 0.0225 e. The minimum Gasteiger partial charge on any atom is -0.315 e. The molecule has 2 nitrogen and oxygen atoms in total. The fraction of sp³-hybridized carbons (Fsp3) is 1.00. The van der Waals surface area contributed by atoms with Crippen molar-refractivity contribution < 1.29 is 0 Å². The summed E-state index contributed by atoms with van der Waals surface area (Å²) in [6, 6.07) is 0. The van der Waals surface area contributed by atoms with E-state index in [1.54, 1.807) is 0 Å². The molecule has 1 unspecified atom stereocenters. The maximum absolute atomic E-state index is 3.62. The topological polar surface area (TPSA) is 15.3 Å². The lowest BCUT2D eigenvalue weighted by molar-refractivity contribution is 0.206. The molecule has 0 aliphatic carbocycles. The molecule has 0 aromatic heterocycles. The monoisotopic (exact) mass is 230 g/mol. The van der Waals surface area contributed by atoms with E-state index in [1.165, 1.54) is 32.5 Å². The van der Waals surface area contributed by atoms with E-state index in [1.807, 2.05) is 11.8 Å². The third-order valence-corrected chi connectivity index (χ3v) is 4.51. The number of nitrogens with one attached hydrogen (secondary N) is 1. The molecular weight excluding hydrogens is 204 g/mol. The van der Waals surface area contributed by atoms with Crippen molar-refractivity contribution in [2.45, 2.75) is 31.4 Å². The van der Waals surface area contributed by atoms with Crippen molar-refractivity contribution >= 4 is 11.8 Å². The predicted molar refractivity (Wildman–Crippen MR) is 70.7 cm³/mol. The summed E-state index contributed by atoms with van der Waals surface area (Å²) in [4.78, 5) is 2.45. The Hall–Kier alpha value is 0.270. The van der Waals surface area contributed by atoms with Crippen LogP contribution in [0.5, 0.6) is 0 Å². The number of piperidine rings is 1. The van der Waals surface area contributed by atoms with Crippen LogP contribution in [0.4, 0.5) is 0 Å². The minimum absolute atomic E-state index is 0.376. The number of likely N-dealkylation sites (tertiary alicyclic amines) is 1. The number of hydrogen-bond donors (Lipinski definition) is 1. The summed E-state index contributed by atoms with van der Waals surface area (Å²) in [6.07, 6.45) is 4.96. The average Bonchev–Trinajstić information content (AvgIpc) is 2.18. The number of hydrogen-bond acceptors (Lipinski definition) is 3. The van der Waals surface area contributed by atoms with E-state index in [2.05, 4.69) is 37.4 Å². The van der Waals surface area contributed by atoms with E-state index in [4.69, 9.17) is 0 Å². The Morgan fingerprint density at radius 3 is 2.80 bits per heavy atom. The zero-order valence-electron chi connectivity index (χ0n) is 10.7. The molecule has 1 atom stereocenters. The van der Waals surface area contributed by atoms with Gasteiger partial charge in [-0.05, 0) is 59.0 Å². The van der Waals surface area contributed by atoms with Crippen LogP contribution in [-0.4, -0.2) is 49.1 Å². The lowest BCUT2D eigenvalue weighted by atomic mass is 9.98. The van der Waals surface area contributed by atoms with Gasteiger partial charge in [-0.25, -0.2) is 0 Å². The summed E-state index contributed by atoms with van der Waals surface area (Å²) in [6.45, 7) is 9.47. The third kappa shape index (κ3) is 5.23. The minimum atomic E-state index is 0.376. The van der Waals surface area contributed by atoms with Gasteiger partial charge in [-0.3, -0.25) is 0 Å². The molecule has 1 aliphatic heterocycles. The average molecular weight is 230 g/mol. The number of thioether (sulfide) groups is 1. The molecule has 1 aliphatic rings. The molecule has 0 amide bonds. The number of nitrogens with zero attached hydrogens (tertiary/aromatic N) is 1. The molecule has 0 aromatic carbocycles. The van der Waals surface area contributed by atoms with Gasteiger partial charge >= 0.3 is 0 Å². The van der Waals surface area contributed by atoms with E-state index >= 15 is 0 Å². The summed E-state index contributed by atoms with van der Waals surface area (Å²) in [5, 5.41) is 3.62. The molecule has 0 radical (unpaired) electrons. The molecule has 15 heavy (non-hydrogen) atoms. The van der Waals surface area contributed by atoms with Crippen molar-refractivity contribution in [2.24, 2.45) is 5.92 Å². The van der Waals surface area contributed by atoms with Gasteiger partial charge in [0.25, 0.3) is 0 Å². The van der Waals surface area contributed by atoms with Crippen LogP contribution in [0.25, 0.3) is 0 Å². The summed E-state index contributed by atoms with van der Waals surface area (Å²) in [5.74, 6) is 0.862. The van der Waals surface area contributed by atoms with Gasteiger partial charge in [0.15, 0.2) is 0 Å². The summed E-state index contributed by atoms with van der Waals surface area (Å²) in [5.41, 5.74) is 0. The normalized spacial score (nSPS) is 24.4. The lowest BCUT2D eigenvalue weighted by Crippen LogP contribution is -2.40. The van der Waals surface area contributed by atoms with Gasteiger partial charge in [-0.15, -0.1) is 0 Å². The van der Waals surface area contributed by atoms with Crippen LogP contribution in [0, 0.1) is 5.92 Å². The van der Waals surface area contributed by atoms with Crippen molar-refractivity contribution in [1.29, 1.82) is 0 Å². The van der Waals surface area contributed by atoms with Crippen LogP contribution in [0.15, 0.2) is 0 Å². The molecule has 3 heteroatoms. The predicted octanol–water partition coefficient (Wildman–Crippen LogP) is 2.06. The molecule has 1 saturated heterocycles. The van der Waals surface area contributed by atoms with Crippen molar-refractivity contribution in [3.63, 3.8) is 0 Å². The first-order valence-electron chi connectivity index (χ1n) is 5.98. The Balaban J connectivity index is 2.14. The first kappa shape index (κ1) is 13.3. The highest BCUT2D eigenvalue weighted by Gasteiger charge is 2.19. The lowest BCUT2D eigenvalue weighted by Gasteiger charge is -2.31. The Labute approximate surface area is 99.2 Å². The second-order valence-corrected chi connectivity index (χ2v) is 6.88. The van der Waals surface area contributed by atoms with Crippen LogP contribution in [0.2, 0.25) is 0 Å². The van der Waals surface area contributed by atoms with Gasteiger partial charge in [0.1, 0.15) is 0 Å². The van der Waals surface area contributed by atoms with Gasteiger partial charge in [0, 0.05) is 17.8 Å². The van der Waals surface area contributed by atoms with Gasteiger partial charge < -0.3 is 10.2 Å². The van der Waals surface area contributed by atoms with E-state index in [0.29, 0.717) is 4.75 Å². The van der Waals surface area contributed by atoms with E-state index < -0.39 is 0 Å². The smallest absolute Gasteiger partial charge is 0.0225 e. The molecule has 90 valence electrons. The molecule has 1 rings (SSSR count). The molecule has 1 N–H and O–H groups in total.